The molecule has 0 radical (unpaired) electrons. The Balaban J connectivity index is 0.000000247. The number of hydrogen-bond donors (Lipinski definition) is 8. The highest BCUT2D eigenvalue weighted by molar-refractivity contribution is 14.1. The zero-order valence-electron chi connectivity index (χ0n) is 54.3. The Hall–Kier alpha value is -9.38. The number of hydrogen-bond acceptors (Lipinski definition) is 27. The third-order valence-corrected chi connectivity index (χ3v) is 14.5. The number of aromatic amines is 1. The molecule has 11 heterocycles. The van der Waals surface area contributed by atoms with Crippen molar-refractivity contribution in [3.8, 4) is 11.1 Å². The molecule has 0 aliphatic heterocycles. The van der Waals surface area contributed by atoms with Gasteiger partial charge in [0.15, 0.2) is 0 Å². The van der Waals surface area contributed by atoms with Crippen molar-refractivity contribution >= 4 is 149 Å². The van der Waals surface area contributed by atoms with Gasteiger partial charge in [0.2, 0.25) is 11.9 Å². The van der Waals surface area contributed by atoms with Gasteiger partial charge in [0.1, 0.15) is 31.4 Å². The highest BCUT2D eigenvalue weighted by Gasteiger charge is 2.17. The summed E-state index contributed by atoms with van der Waals surface area (Å²) in [6, 6.07) is 26.8. The summed E-state index contributed by atoms with van der Waals surface area (Å²) in [6.07, 6.45) is 10.8. The standard InChI is InChI=1S/C12H11Cl2N3O.C12H10ClN3O.C7H9IN2O.C7H8N2O3.C7H10N2O.C6H7N2O3.C6H6N2O3.C5H4BCl2NO2/c1-18-6-7-4-10(15)9(5-16-7)8-2-3-11(13)17-12(8)14;1-17-6-7-4-10-9(5-14-7)8-2-3-11(13)16-12(8)15-10;1-11-4-5-2-7(9)6(8)3-10-5;1-12-5-6-4-7(9(10)11)2-3-8-6;1-10-5-7-4-6(8)2-3-9-7;1-5-4-6(8(10)11)2-3-7(5)9;9-4-5-3-6(8(10)11)1-2-7-5;7-4-2-1-3(6(10)11)5(8)9-4/h2-5H,6H2,1H3,(H2,15,16);2-5H,6H2,1H3,(H,15,16);2-3H,4H2,1H3,(H2,9,10);2-4H,5H2,1H3;2-4H,5H2,1H3,(H2,8,9);2-4,9H,1H3;1-3,9H,4H2;1-2,10-11H/q;;;;;+1;;. The van der Waals surface area contributed by atoms with E-state index in [0.717, 1.165) is 70.0 Å². The molecule has 32 nitrogen and oxygen atoms in total. The minimum atomic E-state index is -1.60. The summed E-state index contributed by atoms with van der Waals surface area (Å²) in [5.74, 6) is 0. The van der Waals surface area contributed by atoms with Crippen molar-refractivity contribution in [3.05, 3.63) is 246 Å². The van der Waals surface area contributed by atoms with Crippen molar-refractivity contribution in [2.75, 3.05) is 52.7 Å². The minimum absolute atomic E-state index is 0.00694. The molecule has 11 aromatic heterocycles. The topological polar surface area (TPSA) is 470 Å². The van der Waals surface area contributed by atoms with Gasteiger partial charge in [-0.1, -0.05) is 64.1 Å². The molecule has 0 atom stereocenters. The maximum atomic E-state index is 10.3. The number of H-pyrrole nitrogens is 1. The molecule has 0 aliphatic carbocycles. The number of methoxy groups -OCH3 is 5. The predicted molar refractivity (Wildman–Crippen MR) is 389 cm³/mol. The molecule has 0 spiro atoms. The Labute approximate surface area is 615 Å². The molecule has 101 heavy (non-hydrogen) atoms. The van der Waals surface area contributed by atoms with E-state index in [4.69, 9.17) is 119 Å². The van der Waals surface area contributed by atoms with E-state index < -0.39 is 21.9 Å². The average molecular weight is 1600 g/mol. The molecule has 0 bridgehead atoms. The number of nitrogens with zero attached hydrogens (tertiary/aromatic N) is 13. The highest BCUT2D eigenvalue weighted by atomic mass is 127. The summed E-state index contributed by atoms with van der Waals surface area (Å²) in [4.78, 5) is 68.5. The fourth-order valence-electron chi connectivity index (χ4n) is 7.74. The number of nitrogens with one attached hydrogen (secondary N) is 1. The zero-order valence-corrected chi connectivity index (χ0v) is 60.2. The van der Waals surface area contributed by atoms with E-state index in [1.807, 2.05) is 24.4 Å². The molecule has 0 saturated heterocycles. The maximum Gasteiger partial charge on any atom is 0.491 e. The summed E-state index contributed by atoms with van der Waals surface area (Å²) in [5, 5.41) is 68.9. The lowest BCUT2D eigenvalue weighted by Crippen LogP contribution is -2.32. The number of aliphatic hydroxyl groups is 1. The number of pyridine rings is 10. The van der Waals surface area contributed by atoms with Crippen LogP contribution in [0.4, 0.5) is 34.1 Å². The number of halogens is 6. The van der Waals surface area contributed by atoms with Crippen LogP contribution >= 0.6 is 80.6 Å². The van der Waals surface area contributed by atoms with E-state index >= 15 is 0 Å². The molecule has 0 aromatic carbocycles. The van der Waals surface area contributed by atoms with Crippen molar-refractivity contribution in [1.29, 1.82) is 0 Å². The number of rotatable bonds is 16. The van der Waals surface area contributed by atoms with Gasteiger partial charge < -0.3 is 61.0 Å². The first-order valence-corrected chi connectivity index (χ1v) is 31.5. The predicted octanol–water partition coefficient (Wildman–Crippen LogP) is 10.4. The number of nitrogens with two attached hydrogens (primary N) is 3. The van der Waals surface area contributed by atoms with Crippen molar-refractivity contribution in [1.82, 2.24) is 49.8 Å². The van der Waals surface area contributed by atoms with Crippen molar-refractivity contribution in [2.45, 2.75) is 46.6 Å². The van der Waals surface area contributed by atoms with E-state index in [0.29, 0.717) is 76.8 Å². The van der Waals surface area contributed by atoms with Crippen LogP contribution in [0.15, 0.2) is 147 Å². The third-order valence-electron chi connectivity index (χ3n) is 12.3. The number of fused-ring (bicyclic) bond motifs is 3. The van der Waals surface area contributed by atoms with Gasteiger partial charge in [-0.25, -0.2) is 15.0 Å². The second kappa shape index (κ2) is 44.0. The Kier molecular flexibility index (Phi) is 36.6. The van der Waals surface area contributed by atoms with Crippen molar-refractivity contribution < 1.29 is 63.5 Å². The van der Waals surface area contributed by atoms with Gasteiger partial charge in [-0.3, -0.25) is 65.5 Å². The van der Waals surface area contributed by atoms with Gasteiger partial charge in [0.25, 0.3) is 17.1 Å². The Bertz CT molecular complexity index is 4510. The average Bonchev–Trinajstić information content (AvgIpc) is 1.65. The number of anilines is 3. The number of aromatic nitrogens is 11. The highest BCUT2D eigenvalue weighted by Crippen LogP contribution is 2.32. The van der Waals surface area contributed by atoms with Gasteiger partial charge in [-0.2, -0.15) is 0 Å². The summed E-state index contributed by atoms with van der Waals surface area (Å²) in [6.45, 7) is 3.54. The lowest BCUT2D eigenvalue weighted by Gasteiger charge is -2.08. The molecular weight excluding hydrogens is 1540 g/mol. The van der Waals surface area contributed by atoms with E-state index in [1.165, 1.54) is 74.2 Å². The molecule has 11 N–H and O–H groups in total. The van der Waals surface area contributed by atoms with E-state index in [1.54, 1.807) is 90.4 Å². The second-order valence-electron chi connectivity index (χ2n) is 19.8. The number of ether oxygens (including phenoxy) is 5. The summed E-state index contributed by atoms with van der Waals surface area (Å²) in [7, 11) is 6.43. The minimum Gasteiger partial charge on any atom is -0.423 e. The number of nitro groups is 3. The first-order chi connectivity index (χ1) is 48.1. The smallest absolute Gasteiger partial charge is 0.423 e. The molecule has 532 valence electrons. The van der Waals surface area contributed by atoms with Crippen LogP contribution in [0.1, 0.15) is 39.9 Å². The van der Waals surface area contributed by atoms with E-state index in [2.05, 4.69) is 72.4 Å². The van der Waals surface area contributed by atoms with Crippen molar-refractivity contribution in [3.63, 3.8) is 0 Å². The molecular formula is C62H65BCl5IN17O15+. The van der Waals surface area contributed by atoms with E-state index in [9.17, 15) is 30.3 Å². The van der Waals surface area contributed by atoms with Crippen LogP contribution in [-0.4, -0.2) is 128 Å². The second-order valence-corrected chi connectivity index (χ2v) is 22.8. The number of aliphatic hydroxyl groups excluding tert-OH is 1. The SMILES string of the molecule is COCc1cc(N)c(-c2ccc(Cl)nc2Cl)cn1.COCc1cc(N)c(I)cn1.COCc1cc(N)ccn1.COCc1cc([N+](=O)[O-])ccn1.COCc1cc2[nH]c3nc(Cl)ccc3c2cn1.Cc1cc([N+](=O)[O-])cc[n+]1O.O=[N+]([O-])c1ccnc(CO)c1.OB(O)c1ccc(Cl)nc1Cl. The normalized spacial score (nSPS) is 10.2. The first-order valence-electron chi connectivity index (χ1n) is 28.5. The maximum absolute atomic E-state index is 10.3. The largest absolute Gasteiger partial charge is 0.491 e. The molecule has 0 fully saturated rings. The van der Waals surface area contributed by atoms with Crippen LogP contribution in [0.3, 0.4) is 0 Å². The molecule has 39 heteroatoms. The van der Waals surface area contributed by atoms with Crippen molar-refractivity contribution in [2.24, 2.45) is 0 Å². The van der Waals surface area contributed by atoms with Crippen LogP contribution in [-0.2, 0) is 63.3 Å². The van der Waals surface area contributed by atoms with Gasteiger partial charge in [-0.05, 0) is 83.3 Å². The van der Waals surface area contributed by atoms with Crippen LogP contribution in [0.2, 0.25) is 25.8 Å². The first kappa shape index (κ1) is 84.0. The lowest BCUT2D eigenvalue weighted by atomic mass is 9.82. The summed E-state index contributed by atoms with van der Waals surface area (Å²) < 4.78 is 26.4. The lowest BCUT2D eigenvalue weighted by molar-refractivity contribution is -0.908. The van der Waals surface area contributed by atoms with Crippen LogP contribution in [0.25, 0.3) is 33.1 Å². The molecule has 0 unspecified atom stereocenters. The molecule has 0 saturated carbocycles. The third kappa shape index (κ3) is 29.0. The Morgan fingerprint density at radius 1 is 0.525 bits per heavy atom. The van der Waals surface area contributed by atoms with Crippen LogP contribution < -0.4 is 27.4 Å². The zero-order chi connectivity index (χ0) is 74.7. The van der Waals surface area contributed by atoms with Gasteiger partial charge in [0.05, 0.1) is 110 Å². The van der Waals surface area contributed by atoms with Gasteiger partial charge >= 0.3 is 7.12 Å². The summed E-state index contributed by atoms with van der Waals surface area (Å²) in [5.41, 5.74) is 27.2. The number of nitrogen functional groups attached to an aromatic ring is 3. The molecule has 11 rings (SSSR count). The fourth-order valence-corrected chi connectivity index (χ4v) is 9.08. The van der Waals surface area contributed by atoms with Crippen LogP contribution in [0.5, 0.6) is 0 Å². The fraction of sp³-hybridized carbons (Fsp3) is 0.194. The Morgan fingerprint density at radius 3 is 1.48 bits per heavy atom. The monoisotopic (exact) mass is 1600 g/mol. The van der Waals surface area contributed by atoms with Gasteiger partial charge in [-0.15, -0.1) is 0 Å². The summed E-state index contributed by atoms with van der Waals surface area (Å²) >= 11 is 30.8. The molecule has 11 aromatic rings. The number of aryl methyl sites for hydroxylation is 1. The molecule has 0 aliphatic rings. The Morgan fingerprint density at radius 2 is 0.980 bits per heavy atom. The van der Waals surface area contributed by atoms with E-state index in [-0.39, 0.29) is 39.4 Å². The quantitative estimate of drug-likeness (QED) is 0.00847. The molecule has 0 amide bonds. The van der Waals surface area contributed by atoms with Gasteiger partial charge in [0, 0.05) is 153 Å². The van der Waals surface area contributed by atoms with Crippen LogP contribution in [0, 0.1) is 40.8 Å².